The first-order valence-corrected chi connectivity index (χ1v) is 9.46. The predicted molar refractivity (Wildman–Crippen MR) is 99.0 cm³/mol. The van der Waals surface area contributed by atoms with Crippen LogP contribution in [-0.2, 0) is 19.6 Å². The van der Waals surface area contributed by atoms with E-state index < -0.39 is 16.0 Å². The average Bonchev–Trinajstić information content (AvgIpc) is 2.54. The molecule has 0 heterocycles. The third-order valence-corrected chi connectivity index (χ3v) is 4.91. The van der Waals surface area contributed by atoms with Crippen LogP contribution in [0, 0.1) is 0 Å². The minimum Gasteiger partial charge on any atom is -0.462 e. The molecule has 0 spiro atoms. The molecule has 1 amide bonds. The molecule has 2 rings (SSSR count). The maximum atomic E-state index is 12.4. The second kappa shape index (κ2) is 8.20. The molecule has 0 aliphatic rings. The second-order valence-corrected chi connectivity index (χ2v) is 7.32. The van der Waals surface area contributed by atoms with Crippen LogP contribution < -0.4 is 10.0 Å². The molecule has 138 valence electrons. The maximum absolute atomic E-state index is 12.4. The zero-order valence-corrected chi connectivity index (χ0v) is 15.6. The van der Waals surface area contributed by atoms with Crippen LogP contribution in [0.15, 0.2) is 47.4 Å². The SMILES string of the molecule is CCOC(=O)c1ccc(NS(=O)(=O)c2ccc(NC(C)=O)cc2)cc1Cl. The van der Waals surface area contributed by atoms with Crippen molar-refractivity contribution in [2.45, 2.75) is 18.7 Å². The fourth-order valence-electron chi connectivity index (χ4n) is 2.09. The Bertz CT molecular complexity index is 927. The van der Waals surface area contributed by atoms with Gasteiger partial charge in [-0.2, -0.15) is 0 Å². The lowest BCUT2D eigenvalue weighted by atomic mass is 10.2. The van der Waals surface area contributed by atoms with Gasteiger partial charge in [-0.05, 0) is 49.4 Å². The molecule has 0 fully saturated rings. The zero-order valence-electron chi connectivity index (χ0n) is 14.1. The van der Waals surface area contributed by atoms with Crippen molar-refractivity contribution in [1.82, 2.24) is 0 Å². The molecule has 0 saturated heterocycles. The number of hydrogen-bond donors (Lipinski definition) is 2. The van der Waals surface area contributed by atoms with Gasteiger partial charge in [0.15, 0.2) is 0 Å². The topological polar surface area (TPSA) is 102 Å². The van der Waals surface area contributed by atoms with Crippen molar-refractivity contribution >= 4 is 44.9 Å². The number of halogens is 1. The number of amides is 1. The van der Waals surface area contributed by atoms with Gasteiger partial charge in [-0.25, -0.2) is 13.2 Å². The molecule has 0 aliphatic carbocycles. The van der Waals surface area contributed by atoms with Crippen molar-refractivity contribution < 1.29 is 22.7 Å². The summed E-state index contributed by atoms with van der Waals surface area (Å²) in [7, 11) is -3.86. The molecule has 2 aromatic rings. The summed E-state index contributed by atoms with van der Waals surface area (Å²) in [4.78, 5) is 22.7. The fraction of sp³-hybridized carbons (Fsp3) is 0.176. The second-order valence-electron chi connectivity index (χ2n) is 5.23. The summed E-state index contributed by atoms with van der Waals surface area (Å²) in [6, 6.07) is 9.82. The summed E-state index contributed by atoms with van der Waals surface area (Å²) >= 11 is 6.03. The number of hydrogen-bond acceptors (Lipinski definition) is 5. The van der Waals surface area contributed by atoms with Crippen molar-refractivity contribution in [3.05, 3.63) is 53.1 Å². The fourth-order valence-corrected chi connectivity index (χ4v) is 3.39. The Morgan fingerprint density at radius 2 is 1.69 bits per heavy atom. The van der Waals surface area contributed by atoms with Gasteiger partial charge in [0.1, 0.15) is 0 Å². The van der Waals surface area contributed by atoms with Gasteiger partial charge in [-0.3, -0.25) is 9.52 Å². The first kappa shape index (κ1) is 19.7. The largest absolute Gasteiger partial charge is 0.462 e. The summed E-state index contributed by atoms with van der Waals surface area (Å²) in [6.07, 6.45) is 0. The molecule has 26 heavy (non-hydrogen) atoms. The highest BCUT2D eigenvalue weighted by Crippen LogP contribution is 2.24. The van der Waals surface area contributed by atoms with Gasteiger partial charge in [-0.1, -0.05) is 11.6 Å². The van der Waals surface area contributed by atoms with E-state index in [1.165, 1.54) is 49.4 Å². The Kier molecular flexibility index (Phi) is 6.23. The Balaban J connectivity index is 2.20. The number of anilines is 2. The van der Waals surface area contributed by atoms with E-state index in [2.05, 4.69) is 10.0 Å². The van der Waals surface area contributed by atoms with E-state index in [1.54, 1.807) is 6.92 Å². The van der Waals surface area contributed by atoms with Gasteiger partial charge >= 0.3 is 5.97 Å². The minimum absolute atomic E-state index is 0.0113. The van der Waals surface area contributed by atoms with Crippen LogP contribution >= 0.6 is 11.6 Å². The number of sulfonamides is 1. The van der Waals surface area contributed by atoms with E-state index in [9.17, 15) is 18.0 Å². The third kappa shape index (κ3) is 4.96. The number of ether oxygens (including phenoxy) is 1. The molecule has 0 radical (unpaired) electrons. The van der Waals surface area contributed by atoms with Gasteiger partial charge < -0.3 is 10.1 Å². The highest BCUT2D eigenvalue weighted by atomic mass is 35.5. The molecule has 0 saturated carbocycles. The van der Waals surface area contributed by atoms with Gasteiger partial charge in [0.25, 0.3) is 10.0 Å². The van der Waals surface area contributed by atoms with E-state index in [0.717, 1.165) is 0 Å². The van der Waals surface area contributed by atoms with Gasteiger partial charge in [0.05, 0.1) is 27.8 Å². The van der Waals surface area contributed by atoms with Gasteiger partial charge in [-0.15, -0.1) is 0 Å². The Labute approximate surface area is 156 Å². The van der Waals surface area contributed by atoms with Gasteiger partial charge in [0, 0.05) is 12.6 Å². The summed E-state index contributed by atoms with van der Waals surface area (Å²) in [5.74, 6) is -0.837. The molecule has 9 heteroatoms. The molecule has 0 aromatic heterocycles. The average molecular weight is 397 g/mol. The molecule has 2 aromatic carbocycles. The smallest absolute Gasteiger partial charge is 0.339 e. The van der Waals surface area contributed by atoms with Crippen molar-refractivity contribution in [2.24, 2.45) is 0 Å². The summed E-state index contributed by atoms with van der Waals surface area (Å²) in [5, 5.41) is 2.63. The van der Waals surface area contributed by atoms with Crippen molar-refractivity contribution in [1.29, 1.82) is 0 Å². The monoisotopic (exact) mass is 396 g/mol. The molecule has 0 aliphatic heterocycles. The van der Waals surface area contributed by atoms with Crippen molar-refractivity contribution in [2.75, 3.05) is 16.6 Å². The number of nitrogens with one attached hydrogen (secondary N) is 2. The number of benzene rings is 2. The van der Waals surface area contributed by atoms with Crippen LogP contribution in [0.5, 0.6) is 0 Å². The summed E-state index contributed by atoms with van der Waals surface area (Å²) < 4.78 is 32.1. The van der Waals surface area contributed by atoms with E-state index in [-0.39, 0.29) is 33.7 Å². The van der Waals surface area contributed by atoms with Crippen molar-refractivity contribution in [3.8, 4) is 0 Å². The van der Waals surface area contributed by atoms with Gasteiger partial charge in [0.2, 0.25) is 5.91 Å². The van der Waals surface area contributed by atoms with Crippen molar-refractivity contribution in [3.63, 3.8) is 0 Å². The van der Waals surface area contributed by atoms with Crippen LogP contribution in [-0.4, -0.2) is 26.9 Å². The number of esters is 1. The summed E-state index contributed by atoms with van der Waals surface area (Å²) in [5.41, 5.74) is 0.836. The van der Waals surface area contributed by atoms with E-state index in [4.69, 9.17) is 16.3 Å². The van der Waals surface area contributed by atoms with Crippen LogP contribution in [0.1, 0.15) is 24.2 Å². The summed E-state index contributed by atoms with van der Waals surface area (Å²) in [6.45, 7) is 3.24. The highest BCUT2D eigenvalue weighted by molar-refractivity contribution is 7.92. The molecule has 7 nitrogen and oxygen atoms in total. The Morgan fingerprint density at radius 3 is 2.23 bits per heavy atom. The van der Waals surface area contributed by atoms with E-state index in [0.29, 0.717) is 5.69 Å². The lowest BCUT2D eigenvalue weighted by Crippen LogP contribution is -2.14. The third-order valence-electron chi connectivity index (χ3n) is 3.20. The van der Waals surface area contributed by atoms with Crippen LogP contribution in [0.4, 0.5) is 11.4 Å². The first-order valence-electron chi connectivity index (χ1n) is 7.60. The van der Waals surface area contributed by atoms with Crippen LogP contribution in [0.25, 0.3) is 0 Å². The number of carbonyl (C=O) groups is 2. The molecular formula is C17H17ClN2O5S. The molecule has 0 unspecified atom stereocenters. The Morgan fingerprint density at radius 1 is 1.08 bits per heavy atom. The number of carbonyl (C=O) groups excluding carboxylic acids is 2. The maximum Gasteiger partial charge on any atom is 0.339 e. The lowest BCUT2D eigenvalue weighted by Gasteiger charge is -2.11. The quantitative estimate of drug-likeness (QED) is 0.729. The highest BCUT2D eigenvalue weighted by Gasteiger charge is 2.17. The van der Waals surface area contributed by atoms with E-state index >= 15 is 0 Å². The molecule has 2 N–H and O–H groups in total. The first-order chi connectivity index (χ1) is 12.2. The predicted octanol–water partition coefficient (Wildman–Crippen LogP) is 3.28. The molecule has 0 atom stereocenters. The molecular weight excluding hydrogens is 380 g/mol. The minimum atomic E-state index is -3.86. The number of rotatable bonds is 6. The zero-order chi connectivity index (χ0) is 19.3. The van der Waals surface area contributed by atoms with E-state index in [1.807, 2.05) is 0 Å². The van der Waals surface area contributed by atoms with Crippen LogP contribution in [0.3, 0.4) is 0 Å². The Hall–Kier alpha value is -2.58. The lowest BCUT2D eigenvalue weighted by molar-refractivity contribution is -0.114. The standard InChI is InChI=1S/C17H17ClN2O5S/c1-3-25-17(22)15-9-6-13(10-16(15)18)20-26(23,24)14-7-4-12(5-8-14)19-11(2)21/h4-10,20H,3H2,1-2H3,(H,19,21). The normalized spacial score (nSPS) is 10.9. The van der Waals surface area contributed by atoms with Crippen LogP contribution in [0.2, 0.25) is 5.02 Å². The molecule has 0 bridgehead atoms.